The molecule has 2 amide bonds. The van der Waals surface area contributed by atoms with E-state index in [0.717, 1.165) is 11.3 Å². The first-order valence-electron chi connectivity index (χ1n) is 6.01. The van der Waals surface area contributed by atoms with Gasteiger partial charge >= 0.3 is 6.03 Å². The molecule has 0 saturated heterocycles. The number of hydrogen-bond acceptors (Lipinski definition) is 2. The summed E-state index contributed by atoms with van der Waals surface area (Å²) in [6, 6.07) is 5.89. The van der Waals surface area contributed by atoms with Gasteiger partial charge in [-0.2, -0.15) is 0 Å². The Labute approximate surface area is 109 Å². The van der Waals surface area contributed by atoms with E-state index in [2.05, 4.69) is 43.5 Å². The maximum absolute atomic E-state index is 11.2. The fourth-order valence-electron chi connectivity index (χ4n) is 1.65. The van der Waals surface area contributed by atoms with Crippen molar-refractivity contribution in [1.29, 1.82) is 0 Å². The molecule has 0 aliphatic rings. The second-order valence-corrected chi connectivity index (χ2v) is 5.21. The van der Waals surface area contributed by atoms with E-state index in [0.29, 0.717) is 6.54 Å². The fourth-order valence-corrected chi connectivity index (χ4v) is 1.65. The van der Waals surface area contributed by atoms with Crippen molar-refractivity contribution >= 4 is 6.03 Å². The summed E-state index contributed by atoms with van der Waals surface area (Å²) in [5.74, 6) is 0.791. The lowest BCUT2D eigenvalue weighted by Gasteiger charge is -2.21. The van der Waals surface area contributed by atoms with Gasteiger partial charge in [-0.25, -0.2) is 4.79 Å². The fraction of sp³-hybridized carbons (Fsp3) is 0.500. The molecule has 4 nitrogen and oxygen atoms in total. The SMILES string of the molecule is CNC(=O)NCc1cc(C(C)(C)C)ccc1OC. The first kappa shape index (κ1) is 14.4. The highest BCUT2D eigenvalue weighted by Crippen LogP contribution is 2.27. The van der Waals surface area contributed by atoms with Crippen LogP contribution in [0.15, 0.2) is 18.2 Å². The second kappa shape index (κ2) is 5.76. The Hall–Kier alpha value is -1.71. The van der Waals surface area contributed by atoms with Crippen molar-refractivity contribution in [3.05, 3.63) is 29.3 Å². The van der Waals surface area contributed by atoms with Gasteiger partial charge in [-0.3, -0.25) is 0 Å². The molecule has 18 heavy (non-hydrogen) atoms. The van der Waals surface area contributed by atoms with Gasteiger partial charge in [-0.05, 0) is 23.1 Å². The van der Waals surface area contributed by atoms with E-state index in [-0.39, 0.29) is 11.4 Å². The number of nitrogens with one attached hydrogen (secondary N) is 2. The molecule has 1 aromatic carbocycles. The minimum atomic E-state index is -0.196. The van der Waals surface area contributed by atoms with Crippen molar-refractivity contribution in [2.45, 2.75) is 32.7 Å². The molecule has 1 aromatic rings. The Kier molecular flexibility index (Phi) is 4.59. The smallest absolute Gasteiger partial charge is 0.314 e. The molecule has 0 fully saturated rings. The standard InChI is InChI=1S/C14H22N2O2/c1-14(2,3)11-6-7-12(18-5)10(8-11)9-16-13(17)15-4/h6-8H,9H2,1-5H3,(H2,15,16,17). The zero-order chi connectivity index (χ0) is 13.8. The molecule has 0 spiro atoms. The Morgan fingerprint density at radius 2 is 2.00 bits per heavy atom. The van der Waals surface area contributed by atoms with Gasteiger partial charge in [0.25, 0.3) is 0 Å². The summed E-state index contributed by atoms with van der Waals surface area (Å²) in [4.78, 5) is 11.2. The molecular formula is C14H22N2O2. The number of urea groups is 1. The topological polar surface area (TPSA) is 50.4 Å². The van der Waals surface area contributed by atoms with Gasteiger partial charge in [-0.15, -0.1) is 0 Å². The minimum Gasteiger partial charge on any atom is -0.496 e. The molecule has 0 aromatic heterocycles. The van der Waals surface area contributed by atoms with Gasteiger partial charge < -0.3 is 15.4 Å². The highest BCUT2D eigenvalue weighted by molar-refractivity contribution is 5.73. The van der Waals surface area contributed by atoms with Gasteiger partial charge in [0.2, 0.25) is 0 Å². The zero-order valence-electron chi connectivity index (χ0n) is 11.8. The number of benzene rings is 1. The van der Waals surface area contributed by atoms with Crippen molar-refractivity contribution in [1.82, 2.24) is 10.6 Å². The Morgan fingerprint density at radius 3 is 2.50 bits per heavy atom. The van der Waals surface area contributed by atoms with Crippen LogP contribution in [0, 0.1) is 0 Å². The van der Waals surface area contributed by atoms with E-state index in [9.17, 15) is 4.79 Å². The zero-order valence-corrected chi connectivity index (χ0v) is 11.8. The molecule has 0 radical (unpaired) electrons. The predicted octanol–water partition coefficient (Wildman–Crippen LogP) is 2.42. The van der Waals surface area contributed by atoms with E-state index < -0.39 is 0 Å². The third-order valence-corrected chi connectivity index (χ3v) is 2.81. The lowest BCUT2D eigenvalue weighted by Crippen LogP contribution is -2.32. The van der Waals surface area contributed by atoms with E-state index in [1.807, 2.05) is 6.07 Å². The third kappa shape index (κ3) is 3.65. The largest absolute Gasteiger partial charge is 0.496 e. The van der Waals surface area contributed by atoms with Crippen LogP contribution in [0.5, 0.6) is 5.75 Å². The predicted molar refractivity (Wildman–Crippen MR) is 73.0 cm³/mol. The maximum atomic E-state index is 11.2. The summed E-state index contributed by atoms with van der Waals surface area (Å²) >= 11 is 0. The Morgan fingerprint density at radius 1 is 1.33 bits per heavy atom. The van der Waals surface area contributed by atoms with Gasteiger partial charge in [0, 0.05) is 19.2 Å². The summed E-state index contributed by atoms with van der Waals surface area (Å²) in [7, 11) is 3.23. The normalized spacial score (nSPS) is 10.9. The van der Waals surface area contributed by atoms with Gasteiger partial charge in [-0.1, -0.05) is 26.8 Å². The van der Waals surface area contributed by atoms with Crippen LogP contribution in [-0.2, 0) is 12.0 Å². The van der Waals surface area contributed by atoms with Crippen LogP contribution in [-0.4, -0.2) is 20.2 Å². The highest BCUT2D eigenvalue weighted by Gasteiger charge is 2.16. The van der Waals surface area contributed by atoms with Crippen molar-refractivity contribution in [2.75, 3.05) is 14.2 Å². The Bertz CT molecular complexity index is 422. The van der Waals surface area contributed by atoms with Crippen LogP contribution < -0.4 is 15.4 Å². The number of rotatable bonds is 3. The molecule has 0 heterocycles. The molecule has 0 saturated carbocycles. The molecule has 4 heteroatoms. The summed E-state index contributed by atoms with van der Waals surface area (Å²) in [5.41, 5.74) is 2.28. The van der Waals surface area contributed by atoms with Crippen LogP contribution in [0.1, 0.15) is 31.9 Å². The quantitative estimate of drug-likeness (QED) is 0.865. The van der Waals surface area contributed by atoms with Gasteiger partial charge in [0.15, 0.2) is 0 Å². The molecule has 0 atom stereocenters. The molecule has 1 rings (SSSR count). The lowest BCUT2D eigenvalue weighted by molar-refractivity contribution is 0.242. The van der Waals surface area contributed by atoms with Crippen LogP contribution in [0.2, 0.25) is 0 Å². The average molecular weight is 250 g/mol. The molecule has 2 N–H and O–H groups in total. The third-order valence-electron chi connectivity index (χ3n) is 2.81. The van der Waals surface area contributed by atoms with Crippen LogP contribution in [0.3, 0.4) is 0 Å². The van der Waals surface area contributed by atoms with Crippen molar-refractivity contribution in [2.24, 2.45) is 0 Å². The monoisotopic (exact) mass is 250 g/mol. The number of carbonyl (C=O) groups excluding carboxylic acids is 1. The second-order valence-electron chi connectivity index (χ2n) is 5.21. The van der Waals surface area contributed by atoms with Crippen LogP contribution in [0.4, 0.5) is 4.79 Å². The summed E-state index contributed by atoms with van der Waals surface area (Å²) in [6.45, 7) is 6.92. The first-order valence-corrected chi connectivity index (χ1v) is 6.01. The van der Waals surface area contributed by atoms with Crippen molar-refractivity contribution in [3.63, 3.8) is 0 Å². The number of ether oxygens (including phenoxy) is 1. The molecular weight excluding hydrogens is 228 g/mol. The van der Waals surface area contributed by atoms with E-state index in [1.165, 1.54) is 5.56 Å². The number of amides is 2. The van der Waals surface area contributed by atoms with E-state index >= 15 is 0 Å². The number of hydrogen-bond donors (Lipinski definition) is 2. The first-order chi connectivity index (χ1) is 8.38. The molecule has 0 aliphatic heterocycles. The van der Waals surface area contributed by atoms with E-state index in [4.69, 9.17) is 4.74 Å². The summed E-state index contributed by atoms with van der Waals surface area (Å²) < 4.78 is 5.31. The molecule has 0 aliphatic carbocycles. The number of carbonyl (C=O) groups is 1. The van der Waals surface area contributed by atoms with Gasteiger partial charge in [0.05, 0.1) is 7.11 Å². The van der Waals surface area contributed by atoms with Crippen molar-refractivity contribution in [3.8, 4) is 5.75 Å². The van der Waals surface area contributed by atoms with Crippen LogP contribution >= 0.6 is 0 Å². The van der Waals surface area contributed by atoms with Crippen molar-refractivity contribution < 1.29 is 9.53 Å². The lowest BCUT2D eigenvalue weighted by atomic mass is 9.86. The van der Waals surface area contributed by atoms with E-state index in [1.54, 1.807) is 14.2 Å². The number of methoxy groups -OCH3 is 1. The summed E-state index contributed by atoms with van der Waals surface area (Å²) in [5, 5.41) is 5.30. The molecule has 0 unspecified atom stereocenters. The van der Waals surface area contributed by atoms with Crippen LogP contribution in [0.25, 0.3) is 0 Å². The highest BCUT2D eigenvalue weighted by atomic mass is 16.5. The minimum absolute atomic E-state index is 0.0774. The maximum Gasteiger partial charge on any atom is 0.314 e. The van der Waals surface area contributed by atoms with Gasteiger partial charge in [0.1, 0.15) is 5.75 Å². The molecule has 0 bridgehead atoms. The summed E-state index contributed by atoms with van der Waals surface area (Å²) in [6.07, 6.45) is 0. The molecule has 100 valence electrons. The Balaban J connectivity index is 2.96. The average Bonchev–Trinajstić information content (AvgIpc) is 2.34.